The Morgan fingerprint density at radius 3 is 2.09 bits per heavy atom. The van der Waals surface area contributed by atoms with Gasteiger partial charge in [0.1, 0.15) is 5.60 Å². The Balaban J connectivity index is 2.04. The van der Waals surface area contributed by atoms with Crippen molar-refractivity contribution in [1.82, 2.24) is 4.90 Å². The predicted octanol–water partition coefficient (Wildman–Crippen LogP) is 3.92. The maximum Gasteiger partial charge on any atom is 0.117 e. The van der Waals surface area contributed by atoms with Crippen LogP contribution in [0.3, 0.4) is 0 Å². The third-order valence-electron chi connectivity index (χ3n) is 4.81. The van der Waals surface area contributed by atoms with E-state index in [0.717, 1.165) is 37.1 Å². The largest absolute Gasteiger partial charge is 0.380 e. The highest BCUT2D eigenvalue weighted by Gasteiger charge is 2.41. The summed E-state index contributed by atoms with van der Waals surface area (Å²) in [6, 6.07) is 17.6. The first kappa shape index (κ1) is 15.5. The monoisotopic (exact) mass is 315 g/mol. The van der Waals surface area contributed by atoms with Gasteiger partial charge in [-0.25, -0.2) is 0 Å². The van der Waals surface area contributed by atoms with E-state index in [1.54, 1.807) is 0 Å². The summed E-state index contributed by atoms with van der Waals surface area (Å²) in [5.74, 6) is 0.215. The van der Waals surface area contributed by atoms with Gasteiger partial charge in [0.2, 0.25) is 0 Å². The zero-order chi connectivity index (χ0) is 15.6. The molecule has 1 saturated heterocycles. The number of rotatable bonds is 3. The number of aliphatic hydroxyl groups is 1. The van der Waals surface area contributed by atoms with Crippen LogP contribution in [0.25, 0.3) is 0 Å². The zero-order valence-corrected chi connectivity index (χ0v) is 13.6. The van der Waals surface area contributed by atoms with Crippen molar-refractivity contribution in [2.45, 2.75) is 18.4 Å². The Labute approximate surface area is 137 Å². The van der Waals surface area contributed by atoms with E-state index >= 15 is 0 Å². The fourth-order valence-corrected chi connectivity index (χ4v) is 3.59. The van der Waals surface area contributed by atoms with Crippen LogP contribution in [0.5, 0.6) is 0 Å². The lowest BCUT2D eigenvalue weighted by Gasteiger charge is -2.41. The van der Waals surface area contributed by atoms with Crippen LogP contribution in [-0.2, 0) is 5.60 Å². The number of nitrogens with zero attached hydrogens (tertiary/aromatic N) is 1. The van der Waals surface area contributed by atoms with Crippen LogP contribution < -0.4 is 0 Å². The molecule has 1 N–H and O–H groups in total. The molecule has 116 valence electrons. The van der Waals surface area contributed by atoms with Gasteiger partial charge in [0.15, 0.2) is 0 Å². The molecular weight excluding hydrogens is 294 g/mol. The van der Waals surface area contributed by atoms with Crippen molar-refractivity contribution in [3.63, 3.8) is 0 Å². The first-order valence-electron chi connectivity index (χ1n) is 7.83. The summed E-state index contributed by atoms with van der Waals surface area (Å²) < 4.78 is 0. The average molecular weight is 316 g/mol. The highest BCUT2D eigenvalue weighted by molar-refractivity contribution is 6.30. The smallest absolute Gasteiger partial charge is 0.117 e. The van der Waals surface area contributed by atoms with Crippen LogP contribution in [0.4, 0.5) is 0 Å². The third kappa shape index (κ3) is 2.91. The molecule has 0 aliphatic carbocycles. The van der Waals surface area contributed by atoms with E-state index in [-0.39, 0.29) is 5.92 Å². The van der Waals surface area contributed by atoms with Crippen molar-refractivity contribution in [3.05, 3.63) is 70.7 Å². The highest BCUT2D eigenvalue weighted by atomic mass is 35.5. The number of halogens is 1. The molecule has 1 fully saturated rings. The van der Waals surface area contributed by atoms with Gasteiger partial charge in [-0.1, -0.05) is 54.1 Å². The number of hydrogen-bond acceptors (Lipinski definition) is 2. The van der Waals surface area contributed by atoms with E-state index in [4.69, 9.17) is 11.6 Å². The number of likely N-dealkylation sites (tertiary alicyclic amines) is 1. The summed E-state index contributed by atoms with van der Waals surface area (Å²) in [7, 11) is 2.14. The van der Waals surface area contributed by atoms with Crippen molar-refractivity contribution in [2.24, 2.45) is 5.92 Å². The van der Waals surface area contributed by atoms with Gasteiger partial charge < -0.3 is 10.0 Å². The van der Waals surface area contributed by atoms with Crippen molar-refractivity contribution >= 4 is 11.6 Å². The lowest BCUT2D eigenvalue weighted by atomic mass is 9.72. The molecule has 0 bridgehead atoms. The van der Waals surface area contributed by atoms with Gasteiger partial charge in [-0.3, -0.25) is 0 Å². The van der Waals surface area contributed by atoms with E-state index in [1.807, 2.05) is 54.6 Å². The minimum absolute atomic E-state index is 0.215. The second kappa shape index (κ2) is 6.41. The van der Waals surface area contributed by atoms with Crippen molar-refractivity contribution < 1.29 is 5.11 Å². The molecule has 0 spiro atoms. The second-order valence-electron chi connectivity index (χ2n) is 6.22. The minimum Gasteiger partial charge on any atom is -0.380 e. The Hall–Kier alpha value is -1.35. The van der Waals surface area contributed by atoms with Crippen LogP contribution in [0.2, 0.25) is 5.02 Å². The molecule has 3 rings (SSSR count). The van der Waals surface area contributed by atoms with Crippen LogP contribution in [0, 0.1) is 5.92 Å². The minimum atomic E-state index is -0.951. The van der Waals surface area contributed by atoms with Crippen LogP contribution in [0.15, 0.2) is 54.6 Å². The number of benzene rings is 2. The molecule has 2 aromatic carbocycles. The molecule has 2 aromatic rings. The molecule has 1 heterocycles. The van der Waals surface area contributed by atoms with Crippen molar-refractivity contribution in [2.75, 3.05) is 20.1 Å². The standard InChI is InChI=1S/C19H22ClNO/c1-21-13-11-17(12-14-21)19(22,15-5-3-2-4-6-15)16-7-9-18(20)10-8-16/h2-10,17,22H,11-14H2,1H3. The van der Waals surface area contributed by atoms with E-state index in [9.17, 15) is 5.11 Å². The zero-order valence-electron chi connectivity index (χ0n) is 12.9. The molecule has 1 aliphatic heterocycles. The van der Waals surface area contributed by atoms with E-state index in [1.165, 1.54) is 0 Å². The lowest BCUT2D eigenvalue weighted by molar-refractivity contribution is -0.0109. The van der Waals surface area contributed by atoms with E-state index in [0.29, 0.717) is 5.02 Å². The third-order valence-corrected chi connectivity index (χ3v) is 5.06. The van der Waals surface area contributed by atoms with E-state index < -0.39 is 5.60 Å². The van der Waals surface area contributed by atoms with Gasteiger partial charge in [0.05, 0.1) is 0 Å². The summed E-state index contributed by atoms with van der Waals surface area (Å²) in [6.07, 6.45) is 1.98. The lowest BCUT2D eigenvalue weighted by Crippen LogP contribution is -2.43. The summed E-state index contributed by atoms with van der Waals surface area (Å²) in [5.41, 5.74) is 0.942. The van der Waals surface area contributed by atoms with Crippen molar-refractivity contribution in [1.29, 1.82) is 0 Å². The SMILES string of the molecule is CN1CCC(C(O)(c2ccccc2)c2ccc(Cl)cc2)CC1. The Bertz CT molecular complexity index is 605. The molecular formula is C19H22ClNO. The fraction of sp³-hybridized carbons (Fsp3) is 0.368. The topological polar surface area (TPSA) is 23.5 Å². The fourth-order valence-electron chi connectivity index (χ4n) is 3.46. The molecule has 0 saturated carbocycles. The average Bonchev–Trinajstić information content (AvgIpc) is 2.56. The molecule has 0 amide bonds. The highest BCUT2D eigenvalue weighted by Crippen LogP contribution is 2.41. The van der Waals surface area contributed by atoms with Gasteiger partial charge in [0.25, 0.3) is 0 Å². The van der Waals surface area contributed by atoms with Gasteiger partial charge >= 0.3 is 0 Å². The van der Waals surface area contributed by atoms with E-state index in [2.05, 4.69) is 11.9 Å². The van der Waals surface area contributed by atoms with Gasteiger partial charge in [-0.2, -0.15) is 0 Å². The summed E-state index contributed by atoms with van der Waals surface area (Å²) in [4.78, 5) is 2.32. The Morgan fingerprint density at radius 2 is 1.50 bits per heavy atom. The van der Waals surface area contributed by atoms with Crippen LogP contribution >= 0.6 is 11.6 Å². The van der Waals surface area contributed by atoms with Crippen LogP contribution in [0.1, 0.15) is 24.0 Å². The molecule has 1 atom stereocenters. The number of hydrogen-bond donors (Lipinski definition) is 1. The molecule has 22 heavy (non-hydrogen) atoms. The molecule has 2 nitrogen and oxygen atoms in total. The molecule has 0 aromatic heterocycles. The first-order chi connectivity index (χ1) is 10.6. The molecule has 3 heteroatoms. The van der Waals surface area contributed by atoms with Crippen LogP contribution in [-0.4, -0.2) is 30.1 Å². The van der Waals surface area contributed by atoms with Gasteiger partial charge in [-0.15, -0.1) is 0 Å². The summed E-state index contributed by atoms with van der Waals surface area (Å²) in [6.45, 7) is 2.04. The quantitative estimate of drug-likeness (QED) is 0.928. The van der Waals surface area contributed by atoms with Crippen molar-refractivity contribution in [3.8, 4) is 0 Å². The first-order valence-corrected chi connectivity index (χ1v) is 8.21. The normalized spacial score (nSPS) is 19.8. The van der Waals surface area contributed by atoms with Gasteiger partial charge in [0, 0.05) is 5.02 Å². The molecule has 0 radical (unpaired) electrons. The maximum atomic E-state index is 11.7. The Kier molecular flexibility index (Phi) is 4.53. The summed E-state index contributed by atoms with van der Waals surface area (Å²) >= 11 is 6.02. The summed E-state index contributed by atoms with van der Waals surface area (Å²) in [5, 5.41) is 12.4. The molecule has 1 aliphatic rings. The maximum absolute atomic E-state index is 11.7. The molecule has 1 unspecified atom stereocenters. The Morgan fingerprint density at radius 1 is 0.955 bits per heavy atom. The predicted molar refractivity (Wildman–Crippen MR) is 91.1 cm³/mol. The number of piperidine rings is 1. The van der Waals surface area contributed by atoms with Gasteiger partial charge in [-0.05, 0) is 62.2 Å². The second-order valence-corrected chi connectivity index (χ2v) is 6.65.